The van der Waals surface area contributed by atoms with Gasteiger partial charge in [-0.15, -0.1) is 0 Å². The molecule has 7 nitrogen and oxygen atoms in total. The Morgan fingerprint density at radius 3 is 2.68 bits per heavy atom. The molecular formula is C24H24N4O3. The van der Waals surface area contributed by atoms with E-state index in [0.717, 1.165) is 28.6 Å². The smallest absolute Gasteiger partial charge is 0.332 e. The minimum Gasteiger partial charge on any atom is -0.356 e. The van der Waals surface area contributed by atoms with Crippen molar-refractivity contribution < 1.29 is 14.4 Å². The van der Waals surface area contributed by atoms with Gasteiger partial charge in [-0.05, 0) is 37.1 Å². The van der Waals surface area contributed by atoms with E-state index in [2.05, 4.69) is 10.3 Å². The monoisotopic (exact) mass is 416 g/mol. The number of benzene rings is 2. The lowest BCUT2D eigenvalue weighted by atomic mass is 9.93. The lowest BCUT2D eigenvalue weighted by molar-refractivity contribution is -0.120. The summed E-state index contributed by atoms with van der Waals surface area (Å²) < 4.78 is 0. The van der Waals surface area contributed by atoms with E-state index < -0.39 is 6.04 Å². The van der Waals surface area contributed by atoms with Crippen molar-refractivity contribution >= 4 is 34.4 Å². The third kappa shape index (κ3) is 2.84. The van der Waals surface area contributed by atoms with Crippen LogP contribution in [0.2, 0.25) is 0 Å². The van der Waals surface area contributed by atoms with Crippen molar-refractivity contribution in [2.24, 2.45) is 0 Å². The van der Waals surface area contributed by atoms with Crippen LogP contribution < -0.4 is 10.2 Å². The van der Waals surface area contributed by atoms with Gasteiger partial charge in [-0.2, -0.15) is 0 Å². The predicted octanol–water partition coefficient (Wildman–Crippen LogP) is 3.76. The Morgan fingerprint density at radius 2 is 1.87 bits per heavy atom. The van der Waals surface area contributed by atoms with E-state index in [1.165, 1.54) is 4.90 Å². The molecule has 5 rings (SSSR count). The van der Waals surface area contributed by atoms with Crippen LogP contribution >= 0.6 is 0 Å². The molecule has 3 aromatic rings. The molecular weight excluding hydrogens is 392 g/mol. The number of carbonyl (C=O) groups is 3. The summed E-state index contributed by atoms with van der Waals surface area (Å²) >= 11 is 0. The number of carbonyl (C=O) groups excluding carboxylic acids is 3. The van der Waals surface area contributed by atoms with Crippen molar-refractivity contribution in [3.05, 3.63) is 65.4 Å². The highest BCUT2D eigenvalue weighted by Crippen LogP contribution is 2.42. The van der Waals surface area contributed by atoms with Gasteiger partial charge in [-0.1, -0.05) is 37.3 Å². The van der Waals surface area contributed by atoms with E-state index in [-0.39, 0.29) is 23.9 Å². The van der Waals surface area contributed by atoms with Crippen LogP contribution in [0.3, 0.4) is 0 Å². The first-order valence-corrected chi connectivity index (χ1v) is 10.7. The molecule has 31 heavy (non-hydrogen) atoms. The molecule has 4 amide bonds. The van der Waals surface area contributed by atoms with E-state index in [1.807, 2.05) is 38.1 Å². The molecule has 0 spiro atoms. The summed E-state index contributed by atoms with van der Waals surface area (Å²) in [6.45, 7) is 4.44. The average Bonchev–Trinajstić information content (AvgIpc) is 3.28. The van der Waals surface area contributed by atoms with Crippen LogP contribution in [-0.2, 0) is 11.2 Å². The molecule has 0 aliphatic carbocycles. The van der Waals surface area contributed by atoms with Gasteiger partial charge in [0.2, 0.25) is 0 Å². The fraction of sp³-hybridized carbons (Fsp3) is 0.292. The molecule has 2 N–H and O–H groups in total. The van der Waals surface area contributed by atoms with Gasteiger partial charge in [0, 0.05) is 29.6 Å². The van der Waals surface area contributed by atoms with Gasteiger partial charge in [-0.3, -0.25) is 9.59 Å². The number of fused-ring (bicyclic) bond motifs is 4. The maximum Gasteiger partial charge on any atom is 0.332 e. The summed E-state index contributed by atoms with van der Waals surface area (Å²) in [6, 6.07) is 13.5. The van der Waals surface area contributed by atoms with Gasteiger partial charge in [-0.25, -0.2) is 9.69 Å². The maximum atomic E-state index is 13.5. The summed E-state index contributed by atoms with van der Waals surface area (Å²) in [7, 11) is 0. The van der Waals surface area contributed by atoms with Gasteiger partial charge in [0.1, 0.15) is 6.04 Å². The third-order valence-corrected chi connectivity index (χ3v) is 6.26. The molecule has 2 aromatic carbocycles. The predicted molar refractivity (Wildman–Crippen MR) is 118 cm³/mol. The Bertz CT molecular complexity index is 1210. The first-order chi connectivity index (χ1) is 15.0. The van der Waals surface area contributed by atoms with Gasteiger partial charge < -0.3 is 15.2 Å². The molecule has 1 aromatic heterocycles. The Labute approximate surface area is 180 Å². The number of hydrogen-bond donors (Lipinski definition) is 2. The lowest BCUT2D eigenvalue weighted by Crippen LogP contribution is -2.42. The van der Waals surface area contributed by atoms with Gasteiger partial charge in [0.25, 0.3) is 11.8 Å². The molecule has 0 saturated carbocycles. The number of para-hydroxylation sites is 2. The van der Waals surface area contributed by atoms with E-state index in [1.54, 1.807) is 29.2 Å². The average molecular weight is 416 g/mol. The van der Waals surface area contributed by atoms with Crippen molar-refractivity contribution in [3.63, 3.8) is 0 Å². The van der Waals surface area contributed by atoms with E-state index in [0.29, 0.717) is 24.2 Å². The second-order valence-corrected chi connectivity index (χ2v) is 8.10. The van der Waals surface area contributed by atoms with Crippen molar-refractivity contribution in [1.82, 2.24) is 15.2 Å². The molecule has 0 bridgehead atoms. The molecule has 2 aliphatic heterocycles. The van der Waals surface area contributed by atoms with E-state index >= 15 is 0 Å². The van der Waals surface area contributed by atoms with Crippen LogP contribution in [0.15, 0.2) is 48.5 Å². The largest absolute Gasteiger partial charge is 0.356 e. The highest BCUT2D eigenvalue weighted by Gasteiger charge is 2.52. The molecule has 158 valence electrons. The summed E-state index contributed by atoms with van der Waals surface area (Å²) in [5.41, 5.74) is 3.72. The minimum atomic E-state index is -0.582. The standard InChI is InChI=1S/C24H24N4O3/c1-3-12-25-22(29)16-9-5-7-11-19(16)28-23(30)20-13-17-15-8-4-6-10-18(15)26-21(17)14(2)27(20)24(28)31/h4-11,14,20,26H,3,12-13H2,1-2H3,(H,25,29). The van der Waals surface area contributed by atoms with Crippen LogP contribution in [0.25, 0.3) is 10.9 Å². The van der Waals surface area contributed by atoms with Crippen LogP contribution in [0, 0.1) is 0 Å². The second-order valence-electron chi connectivity index (χ2n) is 8.10. The van der Waals surface area contributed by atoms with Crippen LogP contribution in [0.4, 0.5) is 10.5 Å². The highest BCUT2D eigenvalue weighted by atomic mass is 16.2. The van der Waals surface area contributed by atoms with Gasteiger partial charge >= 0.3 is 6.03 Å². The van der Waals surface area contributed by atoms with Gasteiger partial charge in [0.15, 0.2) is 0 Å². The maximum absolute atomic E-state index is 13.5. The van der Waals surface area contributed by atoms with Crippen molar-refractivity contribution in [1.29, 1.82) is 0 Å². The fourth-order valence-corrected chi connectivity index (χ4v) is 4.78. The number of imide groups is 1. The van der Waals surface area contributed by atoms with Crippen LogP contribution in [-0.4, -0.2) is 40.3 Å². The first-order valence-electron chi connectivity index (χ1n) is 10.7. The highest BCUT2D eigenvalue weighted by molar-refractivity contribution is 6.24. The van der Waals surface area contributed by atoms with Gasteiger partial charge in [0.05, 0.1) is 17.3 Å². The molecule has 2 unspecified atom stereocenters. The molecule has 7 heteroatoms. The number of H-pyrrole nitrogens is 1. The number of hydrogen-bond acceptors (Lipinski definition) is 3. The molecule has 2 aliphatic rings. The molecule has 0 radical (unpaired) electrons. The lowest BCUT2D eigenvalue weighted by Gasteiger charge is -2.33. The van der Waals surface area contributed by atoms with Crippen molar-refractivity contribution in [3.8, 4) is 0 Å². The Kier molecular flexibility index (Phi) is 4.54. The summed E-state index contributed by atoms with van der Waals surface area (Å²) in [4.78, 5) is 45.9. The quantitative estimate of drug-likeness (QED) is 0.635. The van der Waals surface area contributed by atoms with Crippen molar-refractivity contribution in [2.75, 3.05) is 11.4 Å². The second kappa shape index (κ2) is 7.27. The number of anilines is 1. The number of aromatic amines is 1. The van der Waals surface area contributed by atoms with Crippen molar-refractivity contribution in [2.45, 2.75) is 38.8 Å². The Morgan fingerprint density at radius 1 is 1.13 bits per heavy atom. The Balaban J connectivity index is 1.54. The number of aromatic nitrogens is 1. The normalized spacial score (nSPS) is 20.2. The number of nitrogens with one attached hydrogen (secondary N) is 2. The third-order valence-electron chi connectivity index (χ3n) is 6.26. The number of urea groups is 1. The zero-order valence-corrected chi connectivity index (χ0v) is 17.5. The fourth-order valence-electron chi connectivity index (χ4n) is 4.78. The van der Waals surface area contributed by atoms with Crippen LogP contribution in [0.5, 0.6) is 0 Å². The number of rotatable bonds is 4. The van der Waals surface area contributed by atoms with Crippen LogP contribution in [0.1, 0.15) is 47.9 Å². The summed E-state index contributed by atoms with van der Waals surface area (Å²) in [5, 5.41) is 3.92. The zero-order chi connectivity index (χ0) is 21.7. The molecule has 1 saturated heterocycles. The number of amides is 4. The SMILES string of the molecule is CCCNC(=O)c1ccccc1N1C(=O)C2Cc3c([nH]c4ccccc34)C(C)N2C1=O. The van der Waals surface area contributed by atoms with E-state index in [9.17, 15) is 14.4 Å². The summed E-state index contributed by atoms with van der Waals surface area (Å²) in [5.74, 6) is -0.573. The molecule has 1 fully saturated rings. The molecule has 2 atom stereocenters. The minimum absolute atomic E-state index is 0.274. The Hall–Kier alpha value is -3.61. The molecule has 3 heterocycles. The van der Waals surface area contributed by atoms with E-state index in [4.69, 9.17) is 0 Å². The number of nitrogens with zero attached hydrogens (tertiary/aromatic N) is 2. The summed E-state index contributed by atoms with van der Waals surface area (Å²) in [6.07, 6.45) is 1.25. The zero-order valence-electron chi connectivity index (χ0n) is 17.5. The first kappa shape index (κ1) is 19.4. The topological polar surface area (TPSA) is 85.5 Å².